The van der Waals surface area contributed by atoms with Gasteiger partial charge in [-0.1, -0.05) is 19.1 Å². The molecule has 2 rings (SSSR count). The van der Waals surface area contributed by atoms with Crippen molar-refractivity contribution in [1.29, 1.82) is 0 Å². The van der Waals surface area contributed by atoms with Gasteiger partial charge in [0.05, 0.1) is 32.5 Å². The second kappa shape index (κ2) is 7.62. The Morgan fingerprint density at radius 1 is 1.30 bits per heavy atom. The zero-order valence-corrected chi connectivity index (χ0v) is 12.6. The quantitative estimate of drug-likeness (QED) is 0.794. The Morgan fingerprint density at radius 2 is 2.00 bits per heavy atom. The molecule has 1 aromatic rings. The molecule has 0 spiro atoms. The van der Waals surface area contributed by atoms with Crippen molar-refractivity contribution < 1.29 is 14.2 Å². The average Bonchev–Trinajstić information content (AvgIpc) is 2.44. The van der Waals surface area contributed by atoms with Crippen LogP contribution in [0.2, 0.25) is 0 Å². The van der Waals surface area contributed by atoms with Gasteiger partial charge in [-0.05, 0) is 37.6 Å². The number of benzene rings is 1. The topological polar surface area (TPSA) is 39.7 Å². The Balaban J connectivity index is 2.03. The van der Waals surface area contributed by atoms with E-state index in [1.165, 1.54) is 5.56 Å². The molecular formula is C16H25NO3. The van der Waals surface area contributed by atoms with Crippen LogP contribution >= 0.6 is 0 Å². The van der Waals surface area contributed by atoms with Gasteiger partial charge >= 0.3 is 0 Å². The molecule has 0 saturated carbocycles. The summed E-state index contributed by atoms with van der Waals surface area (Å²) >= 11 is 0. The van der Waals surface area contributed by atoms with Crippen molar-refractivity contribution >= 4 is 0 Å². The van der Waals surface area contributed by atoms with E-state index in [1.807, 2.05) is 12.1 Å². The Bertz CT molecular complexity index is 389. The number of nitrogens with one attached hydrogen (secondary N) is 1. The molecule has 0 aliphatic carbocycles. The van der Waals surface area contributed by atoms with Crippen LogP contribution in [0.1, 0.15) is 31.9 Å². The molecule has 1 aliphatic rings. The molecule has 0 aromatic heterocycles. The minimum absolute atomic E-state index is 0.115. The van der Waals surface area contributed by atoms with Crippen LogP contribution < -0.4 is 10.1 Å². The van der Waals surface area contributed by atoms with Gasteiger partial charge in [-0.25, -0.2) is 0 Å². The zero-order chi connectivity index (χ0) is 14.4. The van der Waals surface area contributed by atoms with E-state index in [4.69, 9.17) is 14.2 Å². The molecule has 0 bridgehead atoms. The molecule has 1 saturated heterocycles. The average molecular weight is 279 g/mol. The normalized spacial score (nSPS) is 18.4. The minimum Gasteiger partial charge on any atom is -0.497 e. The first-order chi connectivity index (χ1) is 9.74. The van der Waals surface area contributed by atoms with Crippen molar-refractivity contribution in [3.05, 3.63) is 29.8 Å². The third-order valence-electron chi connectivity index (χ3n) is 3.57. The summed E-state index contributed by atoms with van der Waals surface area (Å²) in [5.74, 6) is 0.879. The van der Waals surface area contributed by atoms with E-state index in [0.29, 0.717) is 13.2 Å². The lowest BCUT2D eigenvalue weighted by Gasteiger charge is -2.33. The van der Waals surface area contributed by atoms with E-state index in [1.54, 1.807) is 7.11 Å². The lowest BCUT2D eigenvalue weighted by atomic mass is 10.0. The highest BCUT2D eigenvalue weighted by Crippen LogP contribution is 2.24. The largest absolute Gasteiger partial charge is 0.497 e. The molecule has 0 amide bonds. The van der Waals surface area contributed by atoms with Gasteiger partial charge in [-0.2, -0.15) is 0 Å². The lowest BCUT2D eigenvalue weighted by Crippen LogP contribution is -2.42. The van der Waals surface area contributed by atoms with Crippen LogP contribution in [0.4, 0.5) is 0 Å². The zero-order valence-electron chi connectivity index (χ0n) is 12.6. The highest BCUT2D eigenvalue weighted by Gasteiger charge is 2.26. The fraction of sp³-hybridized carbons (Fsp3) is 0.625. The molecule has 4 nitrogen and oxygen atoms in total. The molecular weight excluding hydrogens is 254 g/mol. The summed E-state index contributed by atoms with van der Waals surface area (Å²) in [6, 6.07) is 8.39. The van der Waals surface area contributed by atoms with Gasteiger partial charge in [0.25, 0.3) is 0 Å². The van der Waals surface area contributed by atoms with Crippen molar-refractivity contribution in [3.8, 4) is 5.75 Å². The number of ether oxygens (including phenoxy) is 3. The van der Waals surface area contributed by atoms with Crippen LogP contribution in [-0.2, 0) is 9.47 Å². The van der Waals surface area contributed by atoms with Gasteiger partial charge in [0.1, 0.15) is 11.9 Å². The maximum absolute atomic E-state index is 6.04. The predicted molar refractivity (Wildman–Crippen MR) is 79.2 cm³/mol. The Kier molecular flexibility index (Phi) is 5.83. The van der Waals surface area contributed by atoms with Crippen LogP contribution in [0.15, 0.2) is 24.3 Å². The molecule has 112 valence electrons. The monoisotopic (exact) mass is 279 g/mol. The second-order valence-electron chi connectivity index (χ2n) is 5.21. The fourth-order valence-electron chi connectivity index (χ4n) is 2.34. The van der Waals surface area contributed by atoms with E-state index in [9.17, 15) is 0 Å². The summed E-state index contributed by atoms with van der Waals surface area (Å²) in [5.41, 5.74) is 1.23. The van der Waals surface area contributed by atoms with Crippen molar-refractivity contribution in [3.63, 3.8) is 0 Å². The van der Waals surface area contributed by atoms with Gasteiger partial charge < -0.3 is 19.5 Å². The molecule has 1 aliphatic heterocycles. The molecule has 2 unspecified atom stereocenters. The molecule has 1 fully saturated rings. The van der Waals surface area contributed by atoms with Gasteiger partial charge in [0.15, 0.2) is 0 Å². The Hall–Kier alpha value is -1.10. The highest BCUT2D eigenvalue weighted by molar-refractivity contribution is 5.29. The first kappa shape index (κ1) is 15.3. The molecule has 0 radical (unpaired) electrons. The molecule has 20 heavy (non-hydrogen) atoms. The van der Waals surface area contributed by atoms with Gasteiger partial charge in [0.2, 0.25) is 0 Å². The predicted octanol–water partition coefficient (Wildman–Crippen LogP) is 2.54. The smallest absolute Gasteiger partial charge is 0.118 e. The van der Waals surface area contributed by atoms with Crippen LogP contribution in [0, 0.1) is 0 Å². The van der Waals surface area contributed by atoms with E-state index in [2.05, 4.69) is 31.3 Å². The highest BCUT2D eigenvalue weighted by atomic mass is 16.6. The first-order valence-electron chi connectivity index (χ1n) is 7.35. The lowest BCUT2D eigenvalue weighted by molar-refractivity contribution is -0.157. The van der Waals surface area contributed by atoms with Crippen molar-refractivity contribution in [2.75, 3.05) is 26.9 Å². The van der Waals surface area contributed by atoms with Crippen LogP contribution in [0.5, 0.6) is 5.75 Å². The first-order valence-corrected chi connectivity index (χ1v) is 7.35. The number of methoxy groups -OCH3 is 1. The maximum atomic E-state index is 6.04. The van der Waals surface area contributed by atoms with Crippen LogP contribution in [-0.4, -0.2) is 39.1 Å². The minimum atomic E-state index is 0.115. The summed E-state index contributed by atoms with van der Waals surface area (Å²) in [6.07, 6.45) is 1.46. The third kappa shape index (κ3) is 3.95. The van der Waals surface area contributed by atoms with Gasteiger partial charge in [-0.3, -0.25) is 0 Å². The summed E-state index contributed by atoms with van der Waals surface area (Å²) in [6.45, 7) is 6.70. The van der Waals surface area contributed by atoms with E-state index in [-0.39, 0.29) is 18.2 Å². The fourth-order valence-corrected chi connectivity index (χ4v) is 2.34. The molecule has 2 atom stereocenters. The maximum Gasteiger partial charge on any atom is 0.118 e. The van der Waals surface area contributed by atoms with E-state index in [0.717, 1.165) is 18.7 Å². The SMILES string of the molecule is CCCNC(c1ccc(OC)cc1)C(C)OC1COC1. The molecule has 1 aromatic carbocycles. The Morgan fingerprint density at radius 3 is 2.50 bits per heavy atom. The molecule has 1 heterocycles. The molecule has 1 N–H and O–H groups in total. The van der Waals surface area contributed by atoms with Gasteiger partial charge in [-0.15, -0.1) is 0 Å². The third-order valence-corrected chi connectivity index (χ3v) is 3.57. The van der Waals surface area contributed by atoms with Crippen molar-refractivity contribution in [1.82, 2.24) is 5.32 Å². The number of hydrogen-bond acceptors (Lipinski definition) is 4. The van der Waals surface area contributed by atoms with Gasteiger partial charge in [0, 0.05) is 0 Å². The standard InChI is InChI=1S/C16H25NO3/c1-4-9-17-16(12(2)20-15-10-19-11-15)13-5-7-14(18-3)8-6-13/h5-8,12,15-17H,4,9-11H2,1-3H3. The Labute approximate surface area is 121 Å². The molecule has 4 heteroatoms. The summed E-state index contributed by atoms with van der Waals surface area (Å²) in [4.78, 5) is 0. The second-order valence-corrected chi connectivity index (χ2v) is 5.21. The van der Waals surface area contributed by atoms with E-state index < -0.39 is 0 Å². The summed E-state index contributed by atoms with van der Waals surface area (Å²) in [7, 11) is 1.68. The van der Waals surface area contributed by atoms with Crippen molar-refractivity contribution in [2.45, 2.75) is 38.5 Å². The van der Waals surface area contributed by atoms with Crippen LogP contribution in [0.25, 0.3) is 0 Å². The van der Waals surface area contributed by atoms with Crippen LogP contribution in [0.3, 0.4) is 0 Å². The number of hydrogen-bond donors (Lipinski definition) is 1. The van der Waals surface area contributed by atoms with E-state index >= 15 is 0 Å². The summed E-state index contributed by atoms with van der Waals surface area (Å²) < 4.78 is 16.4. The number of rotatable bonds is 8. The summed E-state index contributed by atoms with van der Waals surface area (Å²) in [5, 5.41) is 3.57. The van der Waals surface area contributed by atoms with Crippen molar-refractivity contribution in [2.24, 2.45) is 0 Å².